The Labute approximate surface area is 115 Å². The van der Waals surface area contributed by atoms with E-state index in [9.17, 15) is 8.42 Å². The molecule has 1 aliphatic heterocycles. The summed E-state index contributed by atoms with van der Waals surface area (Å²) in [4.78, 5) is 0.366. The van der Waals surface area contributed by atoms with Gasteiger partial charge in [-0.05, 0) is 31.4 Å². The first kappa shape index (κ1) is 15.4. The average Bonchev–Trinajstić information content (AvgIpc) is 2.80. The lowest BCUT2D eigenvalue weighted by molar-refractivity contribution is 0.429. The fourth-order valence-corrected chi connectivity index (χ4v) is 3.68. The second kappa shape index (κ2) is 6.02. The Morgan fingerprint density at radius 3 is 2.44 bits per heavy atom. The Hall–Kier alpha value is -0.620. The van der Waals surface area contributed by atoms with Crippen LogP contribution in [-0.2, 0) is 10.0 Å². The highest BCUT2D eigenvalue weighted by Crippen LogP contribution is 2.25. The Morgan fingerprint density at radius 2 is 1.94 bits per heavy atom. The molecule has 0 radical (unpaired) electrons. The quantitative estimate of drug-likeness (QED) is 0.917. The minimum absolute atomic E-state index is 0. The van der Waals surface area contributed by atoms with Crippen LogP contribution in [0.25, 0.3) is 0 Å². The van der Waals surface area contributed by atoms with Crippen molar-refractivity contribution in [2.24, 2.45) is 11.7 Å². The molecule has 2 rings (SSSR count). The molecule has 2 N–H and O–H groups in total. The van der Waals surface area contributed by atoms with E-state index in [-0.39, 0.29) is 24.4 Å². The fourth-order valence-electron chi connectivity index (χ4n) is 2.14. The minimum atomic E-state index is -3.33. The van der Waals surface area contributed by atoms with E-state index >= 15 is 0 Å². The zero-order valence-corrected chi connectivity index (χ0v) is 12.0. The molecule has 0 saturated carbocycles. The second-order valence-electron chi connectivity index (χ2n) is 4.58. The van der Waals surface area contributed by atoms with Gasteiger partial charge in [0.1, 0.15) is 0 Å². The van der Waals surface area contributed by atoms with Crippen molar-refractivity contribution in [1.29, 1.82) is 0 Å². The molecule has 6 heteroatoms. The number of rotatable bonds is 3. The zero-order valence-electron chi connectivity index (χ0n) is 10.3. The molecular formula is C12H19ClN2O2S. The van der Waals surface area contributed by atoms with E-state index in [0.29, 0.717) is 18.0 Å². The molecule has 0 amide bonds. The molecule has 0 aliphatic carbocycles. The zero-order chi connectivity index (χ0) is 12.5. The van der Waals surface area contributed by atoms with Gasteiger partial charge in [0, 0.05) is 19.1 Å². The summed E-state index contributed by atoms with van der Waals surface area (Å²) in [5, 5.41) is 0. The highest BCUT2D eigenvalue weighted by molar-refractivity contribution is 7.89. The first-order valence-corrected chi connectivity index (χ1v) is 7.26. The van der Waals surface area contributed by atoms with Gasteiger partial charge in [0.25, 0.3) is 0 Å². The van der Waals surface area contributed by atoms with Crippen LogP contribution in [0.5, 0.6) is 0 Å². The predicted molar refractivity (Wildman–Crippen MR) is 74.2 cm³/mol. The van der Waals surface area contributed by atoms with Crippen molar-refractivity contribution in [3.63, 3.8) is 0 Å². The van der Waals surface area contributed by atoms with Crippen molar-refractivity contribution in [1.82, 2.24) is 4.31 Å². The van der Waals surface area contributed by atoms with E-state index in [1.165, 1.54) is 4.31 Å². The van der Waals surface area contributed by atoms with Gasteiger partial charge in [0.05, 0.1) is 4.90 Å². The molecule has 2 unspecified atom stereocenters. The van der Waals surface area contributed by atoms with E-state index in [1.54, 1.807) is 24.3 Å². The van der Waals surface area contributed by atoms with Crippen molar-refractivity contribution >= 4 is 22.4 Å². The summed E-state index contributed by atoms with van der Waals surface area (Å²) in [5.41, 5.74) is 5.82. The molecule has 18 heavy (non-hydrogen) atoms. The summed E-state index contributed by atoms with van der Waals surface area (Å²) < 4.78 is 26.1. The highest BCUT2D eigenvalue weighted by atomic mass is 35.5. The molecule has 0 aromatic heterocycles. The maximum Gasteiger partial charge on any atom is 0.243 e. The summed E-state index contributed by atoms with van der Waals surface area (Å²) in [6, 6.07) is 8.61. The van der Waals surface area contributed by atoms with Crippen molar-refractivity contribution in [3.8, 4) is 0 Å². The molecular weight excluding hydrogens is 272 g/mol. The molecule has 1 heterocycles. The summed E-state index contributed by atoms with van der Waals surface area (Å²) in [5.74, 6) is 0.272. The van der Waals surface area contributed by atoms with Crippen LogP contribution >= 0.6 is 12.4 Å². The fraction of sp³-hybridized carbons (Fsp3) is 0.500. The molecule has 1 aliphatic rings. The maximum absolute atomic E-state index is 12.3. The third-order valence-electron chi connectivity index (χ3n) is 3.31. The van der Waals surface area contributed by atoms with Crippen LogP contribution in [0, 0.1) is 5.92 Å². The van der Waals surface area contributed by atoms with Crippen LogP contribution in [0.3, 0.4) is 0 Å². The van der Waals surface area contributed by atoms with E-state index in [2.05, 4.69) is 0 Å². The molecule has 1 fully saturated rings. The lowest BCUT2D eigenvalue weighted by atomic mass is 10.0. The van der Waals surface area contributed by atoms with E-state index < -0.39 is 10.0 Å². The maximum atomic E-state index is 12.3. The van der Waals surface area contributed by atoms with E-state index in [4.69, 9.17) is 5.73 Å². The molecule has 0 bridgehead atoms. The molecule has 102 valence electrons. The average molecular weight is 291 g/mol. The van der Waals surface area contributed by atoms with Gasteiger partial charge in [-0.15, -0.1) is 12.4 Å². The van der Waals surface area contributed by atoms with Crippen LogP contribution in [0.1, 0.15) is 13.3 Å². The number of hydrogen-bond acceptors (Lipinski definition) is 3. The van der Waals surface area contributed by atoms with Gasteiger partial charge in [0.15, 0.2) is 0 Å². The number of halogens is 1. The Kier molecular flexibility index (Phi) is 5.16. The van der Waals surface area contributed by atoms with Crippen LogP contribution in [0.15, 0.2) is 35.2 Å². The Bertz CT molecular complexity index is 476. The van der Waals surface area contributed by atoms with Crippen LogP contribution in [0.2, 0.25) is 0 Å². The number of nitrogens with two attached hydrogens (primary N) is 1. The molecule has 1 aromatic rings. The lowest BCUT2D eigenvalue weighted by Crippen LogP contribution is -2.33. The molecule has 0 spiro atoms. The first-order valence-electron chi connectivity index (χ1n) is 5.82. The van der Waals surface area contributed by atoms with Crippen molar-refractivity contribution in [2.45, 2.75) is 24.3 Å². The van der Waals surface area contributed by atoms with Crippen LogP contribution < -0.4 is 5.73 Å². The van der Waals surface area contributed by atoms with E-state index in [1.807, 2.05) is 13.0 Å². The normalized spacial score (nSPS) is 22.4. The highest BCUT2D eigenvalue weighted by Gasteiger charge is 2.33. The van der Waals surface area contributed by atoms with Crippen LogP contribution in [0.4, 0.5) is 0 Å². The number of hydrogen-bond donors (Lipinski definition) is 1. The first-order chi connectivity index (χ1) is 8.01. The summed E-state index contributed by atoms with van der Waals surface area (Å²) in [6.45, 7) is 3.04. The lowest BCUT2D eigenvalue weighted by Gasteiger charge is -2.18. The Morgan fingerprint density at radius 1 is 1.33 bits per heavy atom. The van der Waals surface area contributed by atoms with Crippen molar-refractivity contribution < 1.29 is 8.42 Å². The number of sulfonamides is 1. The molecule has 2 atom stereocenters. The van der Waals surface area contributed by atoms with E-state index in [0.717, 1.165) is 6.42 Å². The predicted octanol–water partition coefficient (Wildman–Crippen LogP) is 1.47. The van der Waals surface area contributed by atoms with Crippen molar-refractivity contribution in [2.75, 3.05) is 13.1 Å². The van der Waals surface area contributed by atoms with Gasteiger partial charge >= 0.3 is 0 Å². The van der Waals surface area contributed by atoms with Crippen LogP contribution in [-0.4, -0.2) is 31.9 Å². The summed E-state index contributed by atoms with van der Waals surface area (Å²) in [7, 11) is -3.33. The van der Waals surface area contributed by atoms with Gasteiger partial charge in [0.2, 0.25) is 10.0 Å². The Balaban J connectivity index is 0.00000162. The molecule has 4 nitrogen and oxygen atoms in total. The smallest absolute Gasteiger partial charge is 0.243 e. The van der Waals surface area contributed by atoms with Gasteiger partial charge in [-0.1, -0.05) is 18.2 Å². The molecule has 1 aromatic carbocycles. The third kappa shape index (κ3) is 3.03. The topological polar surface area (TPSA) is 63.4 Å². The number of benzene rings is 1. The third-order valence-corrected chi connectivity index (χ3v) is 5.19. The van der Waals surface area contributed by atoms with Crippen molar-refractivity contribution in [3.05, 3.63) is 30.3 Å². The standard InChI is InChI=1S/C12H18N2O2S.ClH/c1-10(13)11-7-8-14(9-11)17(15,16)12-5-3-2-4-6-12;/h2-6,10-11H,7-9,13H2,1H3;1H. The SMILES string of the molecule is CC(N)C1CCN(S(=O)(=O)c2ccccc2)C1.Cl. The van der Waals surface area contributed by atoms with Gasteiger partial charge in [-0.2, -0.15) is 4.31 Å². The summed E-state index contributed by atoms with van der Waals surface area (Å²) >= 11 is 0. The monoisotopic (exact) mass is 290 g/mol. The van der Waals surface area contributed by atoms with Gasteiger partial charge < -0.3 is 5.73 Å². The summed E-state index contributed by atoms with van der Waals surface area (Å²) in [6.07, 6.45) is 0.851. The molecule has 1 saturated heterocycles. The minimum Gasteiger partial charge on any atom is -0.328 e. The number of nitrogens with zero attached hydrogens (tertiary/aromatic N) is 1. The largest absolute Gasteiger partial charge is 0.328 e. The van der Waals surface area contributed by atoms with Gasteiger partial charge in [-0.3, -0.25) is 0 Å². The van der Waals surface area contributed by atoms with Gasteiger partial charge in [-0.25, -0.2) is 8.42 Å². The second-order valence-corrected chi connectivity index (χ2v) is 6.52.